The summed E-state index contributed by atoms with van der Waals surface area (Å²) >= 11 is 0. The van der Waals surface area contributed by atoms with Crippen molar-refractivity contribution in [3.63, 3.8) is 0 Å². The van der Waals surface area contributed by atoms with E-state index in [1.807, 2.05) is 65.0 Å². The van der Waals surface area contributed by atoms with Gasteiger partial charge >= 0.3 is 6.09 Å². The molecule has 1 aliphatic heterocycles. The van der Waals surface area contributed by atoms with Gasteiger partial charge in [0, 0.05) is 26.1 Å². The lowest BCUT2D eigenvalue weighted by Crippen LogP contribution is -2.60. The topological polar surface area (TPSA) is 163 Å². The highest BCUT2D eigenvalue weighted by Gasteiger charge is 2.70. The molecule has 5 unspecified atom stereocenters. The summed E-state index contributed by atoms with van der Waals surface area (Å²) in [6.45, 7) is 19.0. The predicted octanol–water partition coefficient (Wildman–Crippen LogP) is 3.25. The molecule has 3 rings (SSSR count). The van der Waals surface area contributed by atoms with Crippen LogP contribution in [0.15, 0.2) is 43.0 Å². The van der Waals surface area contributed by atoms with Crippen molar-refractivity contribution in [2.45, 2.75) is 105 Å². The number of Topliss-reactive ketones (excluding diaryl/α,β-unsaturated/α-hetero) is 1. The van der Waals surface area contributed by atoms with E-state index < -0.39 is 58.7 Å². The van der Waals surface area contributed by atoms with Crippen molar-refractivity contribution < 1.29 is 33.5 Å². The number of hydrogen-bond donors (Lipinski definition) is 4. The molecule has 1 aliphatic carbocycles. The molecular weight excluding hydrogens is 614 g/mol. The number of fused-ring (bicyclic) bond motifs is 1. The maximum absolute atomic E-state index is 14.1. The first kappa shape index (κ1) is 38.2. The van der Waals surface area contributed by atoms with Crippen LogP contribution in [-0.2, 0) is 35.3 Å². The van der Waals surface area contributed by atoms with E-state index in [4.69, 9.17) is 4.74 Å². The lowest BCUT2D eigenvalue weighted by molar-refractivity contribution is -0.145. The maximum atomic E-state index is 14.1. The summed E-state index contributed by atoms with van der Waals surface area (Å²) < 4.78 is 5.42. The van der Waals surface area contributed by atoms with Crippen molar-refractivity contribution >= 4 is 35.5 Å². The number of ketones is 1. The summed E-state index contributed by atoms with van der Waals surface area (Å²) in [4.78, 5) is 80.7. The molecule has 5 atom stereocenters. The minimum Gasteiger partial charge on any atom is -0.444 e. The van der Waals surface area contributed by atoms with Crippen LogP contribution in [0, 0.1) is 22.7 Å². The first-order valence-electron chi connectivity index (χ1n) is 16.6. The number of nitrogens with zero attached hydrogens (tertiary/aromatic N) is 1. The molecule has 1 saturated carbocycles. The summed E-state index contributed by atoms with van der Waals surface area (Å²) in [6.07, 6.45) is 1.29. The number of rotatable bonds is 14. The van der Waals surface area contributed by atoms with Crippen molar-refractivity contribution in [1.29, 1.82) is 0 Å². The smallest absolute Gasteiger partial charge is 0.408 e. The van der Waals surface area contributed by atoms with Crippen molar-refractivity contribution in [2.24, 2.45) is 22.7 Å². The van der Waals surface area contributed by atoms with Gasteiger partial charge in [0.15, 0.2) is 0 Å². The highest BCUT2D eigenvalue weighted by molar-refractivity contribution is 6.38. The van der Waals surface area contributed by atoms with Gasteiger partial charge in [-0.25, -0.2) is 4.79 Å². The van der Waals surface area contributed by atoms with E-state index in [2.05, 4.69) is 27.8 Å². The Labute approximate surface area is 284 Å². The van der Waals surface area contributed by atoms with Crippen LogP contribution in [0.1, 0.15) is 80.2 Å². The molecule has 4 N–H and O–H groups in total. The van der Waals surface area contributed by atoms with Gasteiger partial charge in [-0.3, -0.25) is 24.0 Å². The third-order valence-electron chi connectivity index (χ3n) is 9.02. The van der Waals surface area contributed by atoms with Crippen molar-refractivity contribution in [3.05, 3.63) is 48.6 Å². The number of hydrogen-bond acceptors (Lipinski definition) is 7. The Bertz CT molecular complexity index is 1380. The molecule has 1 saturated heterocycles. The van der Waals surface area contributed by atoms with Gasteiger partial charge in [0.2, 0.25) is 23.5 Å². The van der Waals surface area contributed by atoms with Gasteiger partial charge in [0.05, 0.1) is 6.04 Å². The second-order valence-corrected chi connectivity index (χ2v) is 15.4. The second kappa shape index (κ2) is 15.3. The van der Waals surface area contributed by atoms with Gasteiger partial charge < -0.3 is 30.9 Å². The van der Waals surface area contributed by atoms with E-state index in [1.54, 1.807) is 26.8 Å². The number of benzene rings is 1. The Balaban J connectivity index is 1.69. The summed E-state index contributed by atoms with van der Waals surface area (Å²) in [7, 11) is 0. The first-order chi connectivity index (χ1) is 22.3. The fraction of sp³-hybridized carbons (Fsp3) is 0.611. The molecule has 0 spiro atoms. The number of carbonyl (C=O) groups excluding carboxylic acids is 6. The van der Waals surface area contributed by atoms with Crippen LogP contribution in [0.4, 0.5) is 4.79 Å². The van der Waals surface area contributed by atoms with E-state index >= 15 is 0 Å². The van der Waals surface area contributed by atoms with E-state index in [-0.39, 0.29) is 42.5 Å². The SMILES string of the molecule is C=CCCC(NC(=O)C1C2C(CN1C(=O)C(NC(=O)OC(C)(C)C)C(C)(C)C)C2(C)C)C(=O)C(=O)NCCC(=O)NCc1ccccc1. The molecular formula is C36H53N5O7. The number of amides is 5. The number of likely N-dealkylation sites (tertiary alicyclic amines) is 1. The van der Waals surface area contributed by atoms with Crippen molar-refractivity contribution in [1.82, 2.24) is 26.2 Å². The van der Waals surface area contributed by atoms with Crippen LogP contribution in [0.25, 0.3) is 0 Å². The minimum absolute atomic E-state index is 0.0287. The zero-order chi connectivity index (χ0) is 36.0. The zero-order valence-electron chi connectivity index (χ0n) is 29.6. The van der Waals surface area contributed by atoms with Crippen LogP contribution in [-0.4, -0.2) is 77.2 Å². The predicted molar refractivity (Wildman–Crippen MR) is 181 cm³/mol. The Hall–Kier alpha value is -4.22. The molecule has 0 radical (unpaired) electrons. The normalized spacial score (nSPS) is 20.8. The first-order valence-corrected chi connectivity index (χ1v) is 16.6. The number of alkyl carbamates (subject to hydrolysis) is 1. The monoisotopic (exact) mass is 667 g/mol. The molecule has 0 bridgehead atoms. The minimum atomic E-state index is -1.17. The molecule has 5 amide bonds. The van der Waals surface area contributed by atoms with Crippen LogP contribution in [0.2, 0.25) is 0 Å². The zero-order valence-corrected chi connectivity index (χ0v) is 29.6. The quantitative estimate of drug-likeness (QED) is 0.175. The molecule has 1 aromatic carbocycles. The molecule has 1 aromatic rings. The van der Waals surface area contributed by atoms with Gasteiger partial charge in [0.1, 0.15) is 17.7 Å². The number of allylic oxidation sites excluding steroid dienone is 1. The molecule has 12 nitrogen and oxygen atoms in total. The number of nitrogens with one attached hydrogen (secondary N) is 4. The van der Waals surface area contributed by atoms with Gasteiger partial charge in [-0.05, 0) is 61.8 Å². The number of carbonyl (C=O) groups is 6. The lowest BCUT2D eigenvalue weighted by atomic mass is 9.85. The summed E-state index contributed by atoms with van der Waals surface area (Å²) in [5.74, 6) is -3.13. The third kappa shape index (κ3) is 9.90. The molecule has 264 valence electrons. The highest BCUT2D eigenvalue weighted by Crippen LogP contribution is 2.65. The van der Waals surface area contributed by atoms with E-state index in [1.165, 1.54) is 4.90 Å². The third-order valence-corrected chi connectivity index (χ3v) is 9.02. The molecule has 0 aromatic heterocycles. The van der Waals surface area contributed by atoms with E-state index in [0.717, 1.165) is 5.56 Å². The standard InChI is InChI=1S/C36H53N5O7/c1-10-11-17-24(28(43)31(45)37-19-18-25(42)38-20-22-15-13-12-14-16-22)39-30(44)27-26-23(36(26,8)9)21-41(27)32(46)29(34(2,3)4)40-33(47)48-35(5,6)7/h10,12-16,23-24,26-27,29H,1,11,17-21H2,2-9H3,(H,37,45)(H,38,42)(H,39,44)(H,40,47). The number of piperidine rings is 1. The second-order valence-electron chi connectivity index (χ2n) is 15.4. The van der Waals surface area contributed by atoms with E-state index in [9.17, 15) is 28.8 Å². The van der Waals surface area contributed by atoms with Crippen molar-refractivity contribution in [3.8, 4) is 0 Å². The van der Waals surface area contributed by atoms with Gasteiger partial charge in [0.25, 0.3) is 5.91 Å². The summed E-state index contributed by atoms with van der Waals surface area (Å²) in [5, 5.41) is 10.7. The largest absolute Gasteiger partial charge is 0.444 e. The van der Waals surface area contributed by atoms with Crippen LogP contribution in [0.3, 0.4) is 0 Å². The summed E-state index contributed by atoms with van der Waals surface area (Å²) in [5.41, 5.74) is -0.766. The maximum Gasteiger partial charge on any atom is 0.408 e. The molecule has 2 fully saturated rings. The van der Waals surface area contributed by atoms with Gasteiger partial charge in [-0.2, -0.15) is 0 Å². The molecule has 2 aliphatic rings. The van der Waals surface area contributed by atoms with Crippen LogP contribution < -0.4 is 21.3 Å². The average Bonchev–Trinajstić information content (AvgIpc) is 3.30. The Morgan fingerprint density at radius 3 is 2.23 bits per heavy atom. The Kier molecular flexibility index (Phi) is 12.2. The summed E-state index contributed by atoms with van der Waals surface area (Å²) in [6, 6.07) is 6.32. The molecule has 1 heterocycles. The molecule has 12 heteroatoms. The fourth-order valence-corrected chi connectivity index (χ4v) is 6.28. The van der Waals surface area contributed by atoms with E-state index in [0.29, 0.717) is 19.5 Å². The lowest BCUT2D eigenvalue weighted by Gasteiger charge is -2.38. The average molecular weight is 668 g/mol. The Morgan fingerprint density at radius 1 is 1.00 bits per heavy atom. The Morgan fingerprint density at radius 2 is 1.65 bits per heavy atom. The fourth-order valence-electron chi connectivity index (χ4n) is 6.28. The van der Waals surface area contributed by atoms with Crippen molar-refractivity contribution in [2.75, 3.05) is 13.1 Å². The van der Waals surface area contributed by atoms with Gasteiger partial charge in [-0.1, -0.05) is 71.0 Å². The highest BCUT2D eigenvalue weighted by atomic mass is 16.6. The van der Waals surface area contributed by atoms with Crippen LogP contribution >= 0.6 is 0 Å². The number of ether oxygens (including phenoxy) is 1. The van der Waals surface area contributed by atoms with Gasteiger partial charge in [-0.15, -0.1) is 6.58 Å². The molecule has 48 heavy (non-hydrogen) atoms. The van der Waals surface area contributed by atoms with Crippen LogP contribution in [0.5, 0.6) is 0 Å².